The molecule has 0 aromatic heterocycles. The number of morpholine rings is 1. The summed E-state index contributed by atoms with van der Waals surface area (Å²) in [6.45, 7) is 7.37. The first-order chi connectivity index (χ1) is 13.5. The molecule has 1 aromatic carbocycles. The second kappa shape index (κ2) is 10.0. The van der Waals surface area contributed by atoms with Crippen LogP contribution in [0.4, 0.5) is 5.69 Å². The van der Waals surface area contributed by atoms with Gasteiger partial charge in [-0.15, -0.1) is 0 Å². The molecule has 0 spiro atoms. The lowest BCUT2D eigenvalue weighted by Crippen LogP contribution is -2.45. The highest BCUT2D eigenvalue weighted by Crippen LogP contribution is 2.20. The largest absolute Gasteiger partial charge is 0.379 e. The van der Waals surface area contributed by atoms with Crippen molar-refractivity contribution in [3.05, 3.63) is 29.8 Å². The van der Waals surface area contributed by atoms with E-state index in [9.17, 15) is 8.42 Å². The Bertz CT molecular complexity index is 746. The van der Waals surface area contributed by atoms with Crippen molar-refractivity contribution in [1.29, 1.82) is 0 Å². The zero-order valence-electron chi connectivity index (χ0n) is 16.6. The molecule has 2 aliphatic rings. The number of rotatable bonds is 7. The number of thiocarbonyl (C=S) groups is 1. The Balaban J connectivity index is 1.61. The Morgan fingerprint density at radius 1 is 1.29 bits per heavy atom. The lowest BCUT2D eigenvalue weighted by molar-refractivity contribution is 0.0366. The average Bonchev–Trinajstić information content (AvgIpc) is 3.06. The summed E-state index contributed by atoms with van der Waals surface area (Å²) >= 11 is 5.69. The van der Waals surface area contributed by atoms with Crippen LogP contribution in [0, 0.1) is 0 Å². The molecule has 2 aliphatic heterocycles. The molecular formula is C20H31N3O3S2. The molecule has 0 saturated carbocycles. The van der Waals surface area contributed by atoms with Crippen molar-refractivity contribution in [3.63, 3.8) is 0 Å². The molecule has 2 fully saturated rings. The molecule has 6 nitrogen and oxygen atoms in total. The monoisotopic (exact) mass is 425 g/mol. The van der Waals surface area contributed by atoms with E-state index >= 15 is 0 Å². The zero-order chi connectivity index (χ0) is 20.0. The second-order valence-corrected chi connectivity index (χ2v) is 10.2. The molecule has 0 aliphatic carbocycles. The van der Waals surface area contributed by atoms with E-state index in [2.05, 4.69) is 34.2 Å². The molecule has 0 amide bonds. The van der Waals surface area contributed by atoms with Crippen molar-refractivity contribution < 1.29 is 13.2 Å². The van der Waals surface area contributed by atoms with E-state index in [4.69, 9.17) is 17.0 Å². The predicted molar refractivity (Wildman–Crippen MR) is 118 cm³/mol. The number of ether oxygens (including phenoxy) is 1. The van der Waals surface area contributed by atoms with Gasteiger partial charge in [-0.2, -0.15) is 0 Å². The Morgan fingerprint density at radius 3 is 2.61 bits per heavy atom. The summed E-state index contributed by atoms with van der Waals surface area (Å²) in [6.07, 6.45) is 2.60. The molecule has 3 rings (SSSR count). The van der Waals surface area contributed by atoms with Crippen molar-refractivity contribution in [2.45, 2.75) is 32.2 Å². The summed E-state index contributed by atoms with van der Waals surface area (Å²) in [4.78, 5) is 4.49. The molecule has 8 heteroatoms. The van der Waals surface area contributed by atoms with Crippen LogP contribution < -0.4 is 5.32 Å². The van der Waals surface area contributed by atoms with Crippen LogP contribution >= 0.6 is 12.2 Å². The van der Waals surface area contributed by atoms with Crippen LogP contribution in [0.15, 0.2) is 24.3 Å². The Labute approximate surface area is 174 Å². The normalized spacial score (nSPS) is 22.1. The van der Waals surface area contributed by atoms with Gasteiger partial charge in [0.2, 0.25) is 0 Å². The van der Waals surface area contributed by atoms with Gasteiger partial charge >= 0.3 is 0 Å². The zero-order valence-corrected chi connectivity index (χ0v) is 18.2. The van der Waals surface area contributed by atoms with Gasteiger partial charge < -0.3 is 15.0 Å². The van der Waals surface area contributed by atoms with Gasteiger partial charge in [0.25, 0.3) is 0 Å². The minimum Gasteiger partial charge on any atom is -0.379 e. The third-order valence-electron chi connectivity index (χ3n) is 5.50. The lowest BCUT2D eigenvalue weighted by atomic mass is 10.1. The number of sulfone groups is 1. The number of nitrogens with one attached hydrogen (secondary N) is 1. The first-order valence-corrected chi connectivity index (χ1v) is 12.4. The summed E-state index contributed by atoms with van der Waals surface area (Å²) in [5.41, 5.74) is 2.22. The van der Waals surface area contributed by atoms with Gasteiger partial charge in [-0.1, -0.05) is 19.1 Å². The molecule has 2 heterocycles. The van der Waals surface area contributed by atoms with Crippen molar-refractivity contribution in [3.8, 4) is 0 Å². The first kappa shape index (κ1) is 21.5. The maximum Gasteiger partial charge on any atom is 0.173 e. The van der Waals surface area contributed by atoms with Crippen LogP contribution in [0.25, 0.3) is 0 Å². The smallest absolute Gasteiger partial charge is 0.173 e. The summed E-state index contributed by atoms with van der Waals surface area (Å²) in [7, 11) is -2.96. The third kappa shape index (κ3) is 6.14. The van der Waals surface area contributed by atoms with E-state index < -0.39 is 9.84 Å². The average molecular weight is 426 g/mol. The molecule has 156 valence electrons. The maximum absolute atomic E-state index is 12.0. The fraction of sp³-hybridized carbons (Fsp3) is 0.650. The molecule has 0 radical (unpaired) electrons. The van der Waals surface area contributed by atoms with Gasteiger partial charge in [-0.3, -0.25) is 4.90 Å². The lowest BCUT2D eigenvalue weighted by Gasteiger charge is -2.33. The molecule has 1 N–H and O–H groups in total. The number of hydrogen-bond acceptors (Lipinski definition) is 5. The minimum absolute atomic E-state index is 0.0374. The Morgan fingerprint density at radius 2 is 2.00 bits per heavy atom. The summed E-state index contributed by atoms with van der Waals surface area (Å²) in [5, 5.41) is 3.93. The SMILES string of the molecule is CCc1ccc(NC(=S)N(CCCN2CCOCC2)[C@@H]2CCS(=O)(=O)C2)cc1. The minimum atomic E-state index is -2.96. The molecule has 0 bridgehead atoms. The van der Waals surface area contributed by atoms with Crippen LogP contribution in [0.1, 0.15) is 25.3 Å². The summed E-state index contributed by atoms with van der Waals surface area (Å²) in [5.74, 6) is 0.451. The molecular weight excluding hydrogens is 394 g/mol. The van der Waals surface area contributed by atoms with E-state index in [1.54, 1.807) is 0 Å². The van der Waals surface area contributed by atoms with E-state index in [1.165, 1.54) is 5.56 Å². The predicted octanol–water partition coefficient (Wildman–Crippen LogP) is 2.16. The van der Waals surface area contributed by atoms with Gasteiger partial charge in [0.15, 0.2) is 14.9 Å². The highest BCUT2D eigenvalue weighted by Gasteiger charge is 2.33. The molecule has 2 saturated heterocycles. The van der Waals surface area contributed by atoms with Crippen LogP contribution in [0.5, 0.6) is 0 Å². The number of hydrogen-bond donors (Lipinski definition) is 1. The summed E-state index contributed by atoms with van der Waals surface area (Å²) in [6, 6.07) is 8.21. The van der Waals surface area contributed by atoms with Crippen LogP contribution in [0.3, 0.4) is 0 Å². The number of aryl methyl sites for hydroxylation is 1. The maximum atomic E-state index is 12.0. The van der Waals surface area contributed by atoms with Crippen LogP contribution in [-0.4, -0.2) is 80.3 Å². The van der Waals surface area contributed by atoms with Crippen LogP contribution in [-0.2, 0) is 21.0 Å². The van der Waals surface area contributed by atoms with E-state index in [0.717, 1.165) is 57.9 Å². The van der Waals surface area contributed by atoms with Gasteiger partial charge in [0, 0.05) is 37.9 Å². The van der Waals surface area contributed by atoms with Crippen molar-refractivity contribution in [2.75, 3.05) is 56.2 Å². The highest BCUT2D eigenvalue weighted by molar-refractivity contribution is 7.91. The van der Waals surface area contributed by atoms with Gasteiger partial charge in [-0.05, 0) is 49.2 Å². The van der Waals surface area contributed by atoms with E-state index in [0.29, 0.717) is 11.5 Å². The Kier molecular flexibility index (Phi) is 7.68. The molecule has 0 unspecified atom stereocenters. The van der Waals surface area contributed by atoms with Gasteiger partial charge in [0.05, 0.1) is 24.7 Å². The van der Waals surface area contributed by atoms with Crippen molar-refractivity contribution in [2.24, 2.45) is 0 Å². The number of nitrogens with zero attached hydrogens (tertiary/aromatic N) is 2. The van der Waals surface area contributed by atoms with Gasteiger partial charge in [-0.25, -0.2) is 8.42 Å². The molecule has 1 atom stereocenters. The highest BCUT2D eigenvalue weighted by atomic mass is 32.2. The molecule has 28 heavy (non-hydrogen) atoms. The molecule has 1 aromatic rings. The first-order valence-electron chi connectivity index (χ1n) is 10.1. The van der Waals surface area contributed by atoms with E-state index in [1.807, 2.05) is 12.1 Å². The fourth-order valence-corrected chi connectivity index (χ4v) is 5.87. The Hall–Kier alpha value is -1.22. The van der Waals surface area contributed by atoms with Crippen molar-refractivity contribution in [1.82, 2.24) is 9.80 Å². The number of benzene rings is 1. The van der Waals surface area contributed by atoms with E-state index in [-0.39, 0.29) is 17.5 Å². The topological polar surface area (TPSA) is 61.9 Å². The quantitative estimate of drug-likeness (QED) is 0.672. The van der Waals surface area contributed by atoms with Crippen molar-refractivity contribution >= 4 is 32.9 Å². The third-order valence-corrected chi connectivity index (χ3v) is 7.59. The standard InChI is InChI=1S/C20H31N3O3S2/c1-2-17-4-6-18(7-5-17)21-20(27)23(19-8-15-28(24,25)16-19)10-3-9-22-11-13-26-14-12-22/h4-7,19H,2-3,8-16H2,1H3,(H,21,27)/t19-/m1/s1. The van der Waals surface area contributed by atoms with Gasteiger partial charge in [0.1, 0.15) is 0 Å². The fourth-order valence-electron chi connectivity index (χ4n) is 3.78. The number of anilines is 1. The van der Waals surface area contributed by atoms with Crippen LogP contribution in [0.2, 0.25) is 0 Å². The summed E-state index contributed by atoms with van der Waals surface area (Å²) < 4.78 is 29.4. The second-order valence-electron chi connectivity index (χ2n) is 7.54.